The number of ether oxygens (including phenoxy) is 1. The van der Waals surface area contributed by atoms with Crippen LogP contribution in [0.3, 0.4) is 0 Å². The number of para-hydroxylation sites is 1. The van der Waals surface area contributed by atoms with Gasteiger partial charge in [-0.2, -0.15) is 0 Å². The van der Waals surface area contributed by atoms with Crippen LogP contribution in [-0.4, -0.2) is 50.0 Å². The van der Waals surface area contributed by atoms with Gasteiger partial charge < -0.3 is 15.0 Å². The van der Waals surface area contributed by atoms with Crippen LogP contribution in [0, 0.1) is 0 Å². The average molecular weight is 634 g/mol. The second kappa shape index (κ2) is 14.9. The highest BCUT2D eigenvalue weighted by Crippen LogP contribution is 2.26. The molecule has 2 amide bonds. The van der Waals surface area contributed by atoms with Gasteiger partial charge in [0.25, 0.3) is 0 Å². The van der Waals surface area contributed by atoms with E-state index in [2.05, 4.69) is 5.32 Å². The Morgan fingerprint density at radius 3 is 2.00 bits per heavy atom. The van der Waals surface area contributed by atoms with Crippen LogP contribution in [0.2, 0.25) is 5.02 Å². The number of carbonyl (C=O) groups excluding carboxylic acids is 2. The molecule has 0 spiro atoms. The van der Waals surface area contributed by atoms with Crippen molar-refractivity contribution in [3.05, 3.63) is 125 Å². The van der Waals surface area contributed by atoms with E-state index in [1.54, 1.807) is 42.5 Å². The first-order valence-corrected chi connectivity index (χ1v) is 16.4. The number of benzene rings is 4. The zero-order valence-electron chi connectivity index (χ0n) is 24.9. The molecule has 0 saturated heterocycles. The van der Waals surface area contributed by atoms with Gasteiger partial charge in [0.1, 0.15) is 24.1 Å². The van der Waals surface area contributed by atoms with E-state index in [1.807, 2.05) is 80.6 Å². The average Bonchev–Trinajstić information content (AvgIpc) is 2.98. The Kier molecular flexibility index (Phi) is 11.0. The molecule has 0 bridgehead atoms. The van der Waals surface area contributed by atoms with E-state index in [-0.39, 0.29) is 30.6 Å². The molecule has 4 aromatic carbocycles. The summed E-state index contributed by atoms with van der Waals surface area (Å²) >= 11 is 6.26. The fourth-order valence-electron chi connectivity index (χ4n) is 4.69. The van der Waals surface area contributed by atoms with Crippen molar-refractivity contribution in [3.8, 4) is 11.5 Å². The number of carbonyl (C=O) groups is 2. The number of nitrogens with one attached hydrogen (secondary N) is 1. The summed E-state index contributed by atoms with van der Waals surface area (Å²) in [6, 6.07) is 31.0. The minimum Gasteiger partial charge on any atom is -0.457 e. The summed E-state index contributed by atoms with van der Waals surface area (Å²) in [5.74, 6) is 0.263. The maximum Gasteiger partial charge on any atom is 0.244 e. The Labute approximate surface area is 264 Å². The van der Waals surface area contributed by atoms with Crippen molar-refractivity contribution in [2.45, 2.75) is 38.9 Å². The van der Waals surface area contributed by atoms with Crippen molar-refractivity contribution < 1.29 is 22.7 Å². The van der Waals surface area contributed by atoms with E-state index in [1.165, 1.54) is 4.90 Å². The summed E-state index contributed by atoms with van der Waals surface area (Å²) in [7, 11) is -3.90. The number of amides is 2. The van der Waals surface area contributed by atoms with Gasteiger partial charge in [-0.25, -0.2) is 8.42 Å². The molecule has 4 aromatic rings. The summed E-state index contributed by atoms with van der Waals surface area (Å²) in [6.45, 7) is 3.22. The number of hydrogen-bond donors (Lipinski definition) is 1. The van der Waals surface area contributed by atoms with Crippen LogP contribution in [0.4, 0.5) is 5.69 Å². The monoisotopic (exact) mass is 633 g/mol. The Morgan fingerprint density at radius 1 is 0.818 bits per heavy atom. The van der Waals surface area contributed by atoms with Crippen LogP contribution >= 0.6 is 11.6 Å². The van der Waals surface area contributed by atoms with E-state index < -0.39 is 28.5 Å². The van der Waals surface area contributed by atoms with Crippen molar-refractivity contribution in [3.63, 3.8) is 0 Å². The van der Waals surface area contributed by atoms with Gasteiger partial charge in [-0.1, -0.05) is 72.3 Å². The Bertz CT molecular complexity index is 1650. The van der Waals surface area contributed by atoms with Gasteiger partial charge >= 0.3 is 0 Å². The number of sulfonamides is 1. The third kappa shape index (κ3) is 9.33. The fraction of sp³-hybridized carbons (Fsp3) is 0.235. The molecule has 0 heterocycles. The zero-order valence-corrected chi connectivity index (χ0v) is 26.5. The predicted molar refractivity (Wildman–Crippen MR) is 174 cm³/mol. The van der Waals surface area contributed by atoms with E-state index in [0.29, 0.717) is 22.1 Å². The van der Waals surface area contributed by atoms with Gasteiger partial charge in [-0.05, 0) is 73.5 Å². The molecule has 0 radical (unpaired) electrons. The van der Waals surface area contributed by atoms with Gasteiger partial charge in [0.15, 0.2) is 0 Å². The molecule has 0 aliphatic rings. The zero-order chi connectivity index (χ0) is 31.7. The largest absolute Gasteiger partial charge is 0.457 e. The normalized spacial score (nSPS) is 11.9. The van der Waals surface area contributed by atoms with Gasteiger partial charge in [0.2, 0.25) is 21.8 Å². The van der Waals surface area contributed by atoms with E-state index >= 15 is 0 Å². The first kappa shape index (κ1) is 32.6. The smallest absolute Gasteiger partial charge is 0.244 e. The molecule has 10 heteroatoms. The lowest BCUT2D eigenvalue weighted by molar-refractivity contribution is -0.140. The first-order chi connectivity index (χ1) is 21.0. The Balaban J connectivity index is 1.67. The number of halogens is 1. The molecule has 0 aromatic heterocycles. The third-order valence-corrected chi connectivity index (χ3v) is 8.10. The molecule has 230 valence electrons. The lowest BCUT2D eigenvalue weighted by Crippen LogP contribution is -2.54. The minimum absolute atomic E-state index is 0.0455. The van der Waals surface area contributed by atoms with Gasteiger partial charge in [-0.15, -0.1) is 0 Å². The fourth-order valence-corrected chi connectivity index (χ4v) is 5.75. The highest BCUT2D eigenvalue weighted by atomic mass is 35.5. The maximum atomic E-state index is 14.2. The number of anilines is 1. The summed E-state index contributed by atoms with van der Waals surface area (Å²) < 4.78 is 32.9. The van der Waals surface area contributed by atoms with Gasteiger partial charge in [0, 0.05) is 24.0 Å². The van der Waals surface area contributed by atoms with Crippen molar-refractivity contribution in [1.82, 2.24) is 10.2 Å². The summed E-state index contributed by atoms with van der Waals surface area (Å²) in [4.78, 5) is 29.2. The lowest BCUT2D eigenvalue weighted by Gasteiger charge is -2.34. The topological polar surface area (TPSA) is 96.0 Å². The van der Waals surface area contributed by atoms with Crippen molar-refractivity contribution in [2.75, 3.05) is 17.1 Å². The van der Waals surface area contributed by atoms with Crippen molar-refractivity contribution >= 4 is 39.1 Å². The van der Waals surface area contributed by atoms with Crippen LogP contribution in [0.5, 0.6) is 11.5 Å². The Hall–Kier alpha value is -4.34. The summed E-state index contributed by atoms with van der Waals surface area (Å²) in [5, 5.41) is 3.42. The maximum absolute atomic E-state index is 14.2. The van der Waals surface area contributed by atoms with Crippen LogP contribution in [0.1, 0.15) is 25.0 Å². The van der Waals surface area contributed by atoms with Gasteiger partial charge in [0.05, 0.1) is 11.9 Å². The molecule has 8 nitrogen and oxygen atoms in total. The van der Waals surface area contributed by atoms with Crippen LogP contribution in [-0.2, 0) is 32.6 Å². The van der Waals surface area contributed by atoms with Crippen molar-refractivity contribution in [2.24, 2.45) is 0 Å². The molecule has 1 atom stereocenters. The van der Waals surface area contributed by atoms with Crippen molar-refractivity contribution in [1.29, 1.82) is 0 Å². The van der Waals surface area contributed by atoms with Crippen LogP contribution < -0.4 is 14.4 Å². The molecular weight excluding hydrogens is 598 g/mol. The molecule has 0 aliphatic carbocycles. The van der Waals surface area contributed by atoms with E-state index in [0.717, 1.165) is 16.1 Å². The van der Waals surface area contributed by atoms with Crippen LogP contribution in [0.15, 0.2) is 109 Å². The highest BCUT2D eigenvalue weighted by Gasteiger charge is 2.33. The number of nitrogens with zero attached hydrogens (tertiary/aromatic N) is 2. The molecule has 44 heavy (non-hydrogen) atoms. The molecule has 0 saturated carbocycles. The molecule has 4 rings (SSSR count). The molecule has 1 N–H and O–H groups in total. The number of hydrogen-bond acceptors (Lipinski definition) is 5. The van der Waals surface area contributed by atoms with Gasteiger partial charge in [-0.3, -0.25) is 13.9 Å². The Morgan fingerprint density at radius 2 is 1.41 bits per heavy atom. The summed E-state index contributed by atoms with van der Waals surface area (Å²) in [6.07, 6.45) is 1.28. The quantitative estimate of drug-likeness (QED) is 0.193. The minimum atomic E-state index is -3.90. The van der Waals surface area contributed by atoms with E-state index in [4.69, 9.17) is 16.3 Å². The number of rotatable bonds is 13. The lowest BCUT2D eigenvalue weighted by atomic mass is 10.0. The molecule has 0 unspecified atom stereocenters. The summed E-state index contributed by atoms with van der Waals surface area (Å²) in [5.41, 5.74) is 1.85. The second-order valence-electron chi connectivity index (χ2n) is 10.7. The second-order valence-corrected chi connectivity index (χ2v) is 13.0. The molecular formula is C34H36ClN3O5S. The highest BCUT2D eigenvalue weighted by molar-refractivity contribution is 7.92. The third-order valence-electron chi connectivity index (χ3n) is 6.73. The molecule has 0 aliphatic heterocycles. The molecule has 0 fully saturated rings. The standard InChI is InChI=1S/C34H36ClN3O5S/c1-25(2)36-34(40)32(22-26-11-6-4-7-12-26)37(23-27-13-10-14-28(35)21-27)33(39)24-38(44(3,41)42)29-17-19-31(20-18-29)43-30-15-8-5-9-16-30/h4-21,25,32H,22-24H2,1-3H3,(H,36,40)/t32-/m0/s1. The van der Waals surface area contributed by atoms with E-state index in [9.17, 15) is 18.0 Å². The van der Waals surface area contributed by atoms with Crippen LogP contribution in [0.25, 0.3) is 0 Å². The SMILES string of the molecule is CC(C)NC(=O)[C@H](Cc1ccccc1)N(Cc1cccc(Cl)c1)C(=O)CN(c1ccc(Oc2ccccc2)cc1)S(C)(=O)=O. The predicted octanol–water partition coefficient (Wildman–Crippen LogP) is 6.06. The first-order valence-electron chi connectivity index (χ1n) is 14.2.